The molecule has 1 saturated heterocycles. The Labute approximate surface area is 210 Å². The van der Waals surface area contributed by atoms with Gasteiger partial charge in [0, 0.05) is 47.9 Å². The summed E-state index contributed by atoms with van der Waals surface area (Å²) in [5, 5.41) is 0.637. The molecule has 0 saturated carbocycles. The van der Waals surface area contributed by atoms with Crippen molar-refractivity contribution in [3.05, 3.63) is 58.1 Å². The van der Waals surface area contributed by atoms with E-state index in [2.05, 4.69) is 4.90 Å². The number of benzene rings is 2. The quantitative estimate of drug-likeness (QED) is 0.477. The number of piperazine rings is 1. The van der Waals surface area contributed by atoms with Crippen molar-refractivity contribution in [3.8, 4) is 0 Å². The third-order valence-electron chi connectivity index (χ3n) is 6.20. The second-order valence-electron chi connectivity index (χ2n) is 8.27. The molecule has 1 amide bonds. The largest absolute Gasteiger partial charge is 0.365 e. The Hall–Kier alpha value is -2.03. The van der Waals surface area contributed by atoms with E-state index in [1.807, 2.05) is 38.1 Å². The highest BCUT2D eigenvalue weighted by molar-refractivity contribution is 7.86. The van der Waals surface area contributed by atoms with Gasteiger partial charge in [-0.15, -0.1) is 0 Å². The second kappa shape index (κ2) is 10.7. The Morgan fingerprint density at radius 2 is 1.79 bits per heavy atom. The molecule has 34 heavy (non-hydrogen) atoms. The number of amides is 1. The molecule has 184 valence electrons. The number of rotatable bonds is 7. The van der Waals surface area contributed by atoms with Crippen molar-refractivity contribution in [1.82, 2.24) is 4.90 Å². The van der Waals surface area contributed by atoms with E-state index in [1.165, 1.54) is 25.1 Å². The smallest absolute Gasteiger partial charge is 0.305 e. The van der Waals surface area contributed by atoms with Crippen LogP contribution in [-0.4, -0.2) is 57.6 Å². The number of ketones is 1. The van der Waals surface area contributed by atoms with Crippen LogP contribution >= 0.6 is 23.2 Å². The number of carbonyl (C=O) groups excluding carboxylic acids is 2. The number of carbonyl (C=O) groups is 2. The lowest BCUT2D eigenvalue weighted by Gasteiger charge is -2.46. The number of halogens is 4. The van der Waals surface area contributed by atoms with Gasteiger partial charge in [0.1, 0.15) is 0 Å². The zero-order chi connectivity index (χ0) is 25.2. The molecule has 0 bridgehead atoms. The van der Waals surface area contributed by atoms with Gasteiger partial charge in [-0.2, -0.15) is 8.78 Å². The highest BCUT2D eigenvalue weighted by atomic mass is 35.5. The van der Waals surface area contributed by atoms with Crippen LogP contribution in [0.3, 0.4) is 0 Å². The van der Waals surface area contributed by atoms with Crippen LogP contribution in [0, 0.1) is 0 Å². The summed E-state index contributed by atoms with van der Waals surface area (Å²) in [6.45, 7) is 6.27. The lowest BCUT2D eigenvalue weighted by atomic mass is 10.0. The molecule has 0 aromatic heterocycles. The minimum absolute atomic E-state index is 0.00457. The number of nitrogens with zero attached hydrogens (tertiary/aromatic N) is 2. The summed E-state index contributed by atoms with van der Waals surface area (Å²) in [6, 6.07) is 11.7. The molecular formula is C24H26Cl2F2N2O3S. The topological polar surface area (TPSA) is 57.7 Å². The van der Waals surface area contributed by atoms with Gasteiger partial charge in [0.05, 0.1) is 26.5 Å². The van der Waals surface area contributed by atoms with Gasteiger partial charge < -0.3 is 9.80 Å². The maximum absolute atomic E-state index is 13.5. The van der Waals surface area contributed by atoms with Crippen molar-refractivity contribution < 1.29 is 22.6 Å². The number of hydrogen-bond donors (Lipinski definition) is 0. The lowest BCUT2D eigenvalue weighted by molar-refractivity contribution is -0.140. The van der Waals surface area contributed by atoms with Crippen molar-refractivity contribution in [3.63, 3.8) is 0 Å². The standard InChI is InChI=1S/C24H26Cl2F2N2O3S/c1-4-24(27,28)22(31)14-34(33)21-9-8-17(12-20(21)26)23(32)30-11-10-29(15(2)16(30)3)19-7-5-6-18(25)13-19/h5-9,12-13,15-16H,4,10-11,14H2,1-3H3/t15-,16-,34+/m0/s1. The summed E-state index contributed by atoms with van der Waals surface area (Å²) in [5.74, 6) is -6.01. The molecular weight excluding hydrogens is 505 g/mol. The molecule has 3 atom stereocenters. The van der Waals surface area contributed by atoms with Crippen LogP contribution in [0.1, 0.15) is 37.6 Å². The van der Waals surface area contributed by atoms with E-state index in [4.69, 9.17) is 23.2 Å². The summed E-state index contributed by atoms with van der Waals surface area (Å²) in [4.78, 5) is 29.0. The Kier molecular flexibility index (Phi) is 8.37. The number of Topliss-reactive ketones (excluding diaryl/α,β-unsaturated/α-hetero) is 1. The minimum Gasteiger partial charge on any atom is -0.365 e. The molecule has 0 radical (unpaired) electrons. The van der Waals surface area contributed by atoms with Gasteiger partial charge in [-0.25, -0.2) is 0 Å². The van der Waals surface area contributed by atoms with Crippen LogP contribution < -0.4 is 4.90 Å². The molecule has 1 aliphatic rings. The van der Waals surface area contributed by atoms with E-state index < -0.39 is 34.7 Å². The molecule has 2 aromatic rings. The molecule has 5 nitrogen and oxygen atoms in total. The molecule has 0 unspecified atom stereocenters. The molecule has 10 heteroatoms. The number of anilines is 1. The SMILES string of the molecule is CCC(F)(F)C(=O)C[S@@](=O)c1ccc(C(=O)N2CCN(c3cccc(Cl)c3)[C@@H](C)[C@@H]2C)cc1Cl. The molecule has 0 aliphatic carbocycles. The molecule has 1 fully saturated rings. The Balaban J connectivity index is 1.73. The van der Waals surface area contributed by atoms with Crippen molar-refractivity contribution >= 4 is 51.4 Å². The lowest BCUT2D eigenvalue weighted by Crippen LogP contribution is -2.59. The Morgan fingerprint density at radius 1 is 1.09 bits per heavy atom. The van der Waals surface area contributed by atoms with Gasteiger partial charge in [0.25, 0.3) is 5.91 Å². The average molecular weight is 531 g/mol. The predicted octanol–water partition coefficient (Wildman–Crippen LogP) is 5.45. The molecule has 0 N–H and O–H groups in total. The summed E-state index contributed by atoms with van der Waals surface area (Å²) in [5.41, 5.74) is 1.28. The fourth-order valence-corrected chi connectivity index (χ4v) is 5.66. The second-order valence-corrected chi connectivity index (χ2v) is 10.5. The van der Waals surface area contributed by atoms with E-state index in [1.54, 1.807) is 4.90 Å². The van der Waals surface area contributed by atoms with Gasteiger partial charge in [-0.1, -0.05) is 36.2 Å². The van der Waals surface area contributed by atoms with E-state index in [0.717, 1.165) is 5.69 Å². The first kappa shape index (κ1) is 26.6. The van der Waals surface area contributed by atoms with Gasteiger partial charge >= 0.3 is 5.92 Å². The normalized spacial score (nSPS) is 19.7. The van der Waals surface area contributed by atoms with Crippen molar-refractivity contribution in [1.29, 1.82) is 0 Å². The summed E-state index contributed by atoms with van der Waals surface area (Å²) in [7, 11) is -2.04. The van der Waals surface area contributed by atoms with Gasteiger partial charge in [0.15, 0.2) is 0 Å². The average Bonchev–Trinajstić information content (AvgIpc) is 2.80. The van der Waals surface area contributed by atoms with Crippen molar-refractivity contribution in [2.75, 3.05) is 23.7 Å². The fraction of sp³-hybridized carbons (Fsp3) is 0.417. The van der Waals surface area contributed by atoms with Gasteiger partial charge in [-0.05, 0) is 50.2 Å². The zero-order valence-electron chi connectivity index (χ0n) is 19.1. The molecule has 1 heterocycles. The van der Waals surface area contributed by atoms with Crippen LogP contribution in [0.25, 0.3) is 0 Å². The Bertz CT molecular complexity index is 1120. The maximum Gasteiger partial charge on any atom is 0.305 e. The van der Waals surface area contributed by atoms with Crippen LogP contribution in [-0.2, 0) is 15.6 Å². The summed E-state index contributed by atoms with van der Waals surface area (Å²) >= 11 is 12.4. The molecule has 3 rings (SSSR count). The molecule has 0 spiro atoms. The third-order valence-corrected chi connectivity index (χ3v) is 8.23. The highest BCUT2D eigenvalue weighted by Gasteiger charge is 2.37. The summed E-state index contributed by atoms with van der Waals surface area (Å²) in [6.07, 6.45) is -0.661. The molecule has 1 aliphatic heterocycles. The first-order chi connectivity index (χ1) is 16.0. The van der Waals surface area contributed by atoms with Crippen LogP contribution in [0.4, 0.5) is 14.5 Å². The molecule has 2 aromatic carbocycles. The predicted molar refractivity (Wildman–Crippen MR) is 132 cm³/mol. The first-order valence-corrected chi connectivity index (χ1v) is 13.0. The van der Waals surface area contributed by atoms with Crippen LogP contribution in [0.15, 0.2) is 47.4 Å². The van der Waals surface area contributed by atoms with Gasteiger partial charge in [0.2, 0.25) is 5.78 Å². The monoisotopic (exact) mass is 530 g/mol. The van der Waals surface area contributed by atoms with Gasteiger partial charge in [-0.3, -0.25) is 13.8 Å². The van der Waals surface area contributed by atoms with E-state index in [9.17, 15) is 22.6 Å². The van der Waals surface area contributed by atoms with Crippen molar-refractivity contribution in [2.24, 2.45) is 0 Å². The van der Waals surface area contributed by atoms with Crippen molar-refractivity contribution in [2.45, 2.75) is 50.1 Å². The van der Waals surface area contributed by atoms with E-state index >= 15 is 0 Å². The van der Waals surface area contributed by atoms with Crippen LogP contribution in [0.5, 0.6) is 0 Å². The number of hydrogen-bond acceptors (Lipinski definition) is 4. The van der Waals surface area contributed by atoms with Crippen LogP contribution in [0.2, 0.25) is 10.0 Å². The minimum atomic E-state index is -3.53. The first-order valence-electron chi connectivity index (χ1n) is 10.9. The highest BCUT2D eigenvalue weighted by Crippen LogP contribution is 2.29. The van der Waals surface area contributed by atoms with E-state index in [0.29, 0.717) is 23.7 Å². The fourth-order valence-electron chi connectivity index (χ4n) is 3.93. The number of alkyl halides is 2. The zero-order valence-corrected chi connectivity index (χ0v) is 21.4. The van der Waals surface area contributed by atoms with E-state index in [-0.39, 0.29) is 27.9 Å². The summed E-state index contributed by atoms with van der Waals surface area (Å²) < 4.78 is 39.6. The third kappa shape index (κ3) is 5.61. The Morgan fingerprint density at radius 3 is 2.41 bits per heavy atom. The maximum atomic E-state index is 13.5.